The molecule has 8 nitrogen and oxygen atoms in total. The Balaban J connectivity index is 1.51. The summed E-state index contributed by atoms with van der Waals surface area (Å²) < 4.78 is 7.55. The smallest absolute Gasteiger partial charge is 0.249 e. The van der Waals surface area contributed by atoms with Crippen LogP contribution < -0.4 is 10.1 Å². The van der Waals surface area contributed by atoms with Crippen LogP contribution in [0.4, 0.5) is 11.5 Å². The van der Waals surface area contributed by atoms with E-state index in [-0.39, 0.29) is 0 Å². The van der Waals surface area contributed by atoms with E-state index in [0.717, 1.165) is 22.2 Å². The summed E-state index contributed by atoms with van der Waals surface area (Å²) >= 11 is 6.59. The molecule has 5 aromatic rings. The Hall–Kier alpha value is -4.09. The average molecular weight is 416 g/mol. The molecule has 4 heterocycles. The highest BCUT2D eigenvalue weighted by molar-refractivity contribution is 6.36. The first kappa shape index (κ1) is 18.0. The third-order valence-corrected chi connectivity index (χ3v) is 4.86. The summed E-state index contributed by atoms with van der Waals surface area (Å²) in [4.78, 5) is 8.56. The molecule has 4 aromatic heterocycles. The number of nitrogens with zero attached hydrogens (tertiary/aromatic N) is 5. The van der Waals surface area contributed by atoms with Crippen molar-refractivity contribution in [1.82, 2.24) is 29.9 Å². The number of nitrogens with one attached hydrogen (secondary N) is 2. The zero-order valence-electron chi connectivity index (χ0n) is 15.7. The molecular weight excluding hydrogens is 402 g/mol. The Kier molecular flexibility index (Phi) is 4.23. The fraction of sp³-hybridized carbons (Fsp3) is 0.0476. The summed E-state index contributed by atoms with van der Waals surface area (Å²) in [5, 5.41) is 16.1. The van der Waals surface area contributed by atoms with Crippen molar-refractivity contribution in [2.24, 2.45) is 7.05 Å². The Morgan fingerprint density at radius 1 is 1.23 bits per heavy atom. The van der Waals surface area contributed by atoms with Crippen LogP contribution in [-0.4, -0.2) is 29.9 Å². The molecule has 0 fully saturated rings. The van der Waals surface area contributed by atoms with E-state index in [2.05, 4.69) is 36.5 Å². The van der Waals surface area contributed by atoms with Gasteiger partial charge in [-0.25, -0.2) is 4.98 Å². The summed E-state index contributed by atoms with van der Waals surface area (Å²) in [6, 6.07) is 10.9. The fourth-order valence-corrected chi connectivity index (χ4v) is 3.44. The van der Waals surface area contributed by atoms with Crippen molar-refractivity contribution >= 4 is 45.0 Å². The lowest BCUT2D eigenvalue weighted by atomic mass is 10.2. The fourth-order valence-electron chi connectivity index (χ4n) is 3.15. The lowest BCUT2D eigenvalue weighted by Gasteiger charge is -2.06. The Bertz CT molecular complexity index is 1430. The van der Waals surface area contributed by atoms with Crippen LogP contribution in [0.1, 0.15) is 5.56 Å². The zero-order valence-corrected chi connectivity index (χ0v) is 16.5. The highest BCUT2D eigenvalue weighted by Gasteiger charge is 2.17. The molecule has 0 aliphatic heterocycles. The summed E-state index contributed by atoms with van der Waals surface area (Å²) in [6.07, 6.45) is 8.64. The van der Waals surface area contributed by atoms with Crippen molar-refractivity contribution < 1.29 is 4.74 Å². The van der Waals surface area contributed by atoms with Gasteiger partial charge in [-0.1, -0.05) is 17.5 Å². The predicted molar refractivity (Wildman–Crippen MR) is 115 cm³/mol. The van der Waals surface area contributed by atoms with Crippen LogP contribution in [0.5, 0.6) is 11.8 Å². The number of pyridine rings is 2. The second-order valence-electron chi connectivity index (χ2n) is 6.51. The predicted octanol–water partition coefficient (Wildman–Crippen LogP) is 4.41. The van der Waals surface area contributed by atoms with Gasteiger partial charge >= 0.3 is 0 Å². The minimum absolute atomic E-state index is 0.358. The van der Waals surface area contributed by atoms with Crippen molar-refractivity contribution in [3.05, 3.63) is 59.4 Å². The standard InChI is InChI=1S/C21H14ClN7O/c1-3-12-6-7-17(24-11-12)30-21-18-14(22)9-13(10-16(18)29(2)28-21)25-20-19-15(26-27-20)5-4-8-23-19/h1,4-11H,2H3,(H2,25,26,27). The molecule has 5 rings (SSSR count). The van der Waals surface area contributed by atoms with Gasteiger partial charge in [0.25, 0.3) is 0 Å². The molecule has 0 atom stereocenters. The van der Waals surface area contributed by atoms with Gasteiger partial charge < -0.3 is 10.1 Å². The van der Waals surface area contributed by atoms with E-state index in [1.165, 1.54) is 0 Å². The third-order valence-electron chi connectivity index (χ3n) is 4.56. The number of rotatable bonds is 4. The molecule has 0 radical (unpaired) electrons. The normalized spacial score (nSPS) is 11.0. The minimum atomic E-state index is 0.358. The highest BCUT2D eigenvalue weighted by atomic mass is 35.5. The molecule has 0 aliphatic rings. The van der Waals surface area contributed by atoms with Crippen LogP contribution in [0, 0.1) is 12.3 Å². The first-order valence-electron chi connectivity index (χ1n) is 8.95. The summed E-state index contributed by atoms with van der Waals surface area (Å²) in [6.45, 7) is 0. The molecule has 0 saturated carbocycles. The molecule has 1 aromatic carbocycles. The van der Waals surface area contributed by atoms with E-state index in [9.17, 15) is 0 Å². The molecule has 146 valence electrons. The molecule has 0 aliphatic carbocycles. The topological polar surface area (TPSA) is 93.5 Å². The molecule has 30 heavy (non-hydrogen) atoms. The first-order valence-corrected chi connectivity index (χ1v) is 9.33. The van der Waals surface area contributed by atoms with Crippen LogP contribution >= 0.6 is 11.6 Å². The minimum Gasteiger partial charge on any atom is -0.418 e. The van der Waals surface area contributed by atoms with Crippen molar-refractivity contribution in [3.63, 3.8) is 0 Å². The van der Waals surface area contributed by atoms with Gasteiger partial charge in [-0.3, -0.25) is 14.8 Å². The van der Waals surface area contributed by atoms with Gasteiger partial charge in [0.15, 0.2) is 5.82 Å². The summed E-state index contributed by atoms with van der Waals surface area (Å²) in [5.41, 5.74) is 3.78. The zero-order chi connectivity index (χ0) is 20.7. The number of fused-ring (bicyclic) bond motifs is 2. The largest absolute Gasteiger partial charge is 0.418 e. The van der Waals surface area contributed by atoms with Gasteiger partial charge in [0.2, 0.25) is 11.8 Å². The van der Waals surface area contributed by atoms with Gasteiger partial charge in [0.1, 0.15) is 5.52 Å². The van der Waals surface area contributed by atoms with Gasteiger partial charge in [-0.15, -0.1) is 11.5 Å². The number of aromatic nitrogens is 6. The maximum absolute atomic E-state index is 6.59. The van der Waals surface area contributed by atoms with E-state index < -0.39 is 0 Å². The van der Waals surface area contributed by atoms with Crippen LogP contribution in [0.25, 0.3) is 21.9 Å². The first-order chi connectivity index (χ1) is 14.6. The lowest BCUT2D eigenvalue weighted by molar-refractivity contribution is 0.441. The number of H-pyrrole nitrogens is 1. The van der Waals surface area contributed by atoms with Crippen molar-refractivity contribution in [1.29, 1.82) is 0 Å². The number of anilines is 2. The number of hydrogen-bond donors (Lipinski definition) is 2. The van der Waals surface area contributed by atoms with Gasteiger partial charge in [-0.05, 0) is 30.3 Å². The SMILES string of the molecule is C#Cc1ccc(Oc2nn(C)c3cc(Nc4n[nH]c5cccnc45)cc(Cl)c23)nc1. The van der Waals surface area contributed by atoms with Crippen molar-refractivity contribution in [2.75, 3.05) is 5.32 Å². The van der Waals surface area contributed by atoms with Crippen LogP contribution in [0.2, 0.25) is 5.02 Å². The van der Waals surface area contributed by atoms with Crippen molar-refractivity contribution in [2.45, 2.75) is 0 Å². The number of halogens is 1. The number of benzene rings is 1. The number of terminal acetylenes is 1. The van der Waals surface area contributed by atoms with E-state index >= 15 is 0 Å². The van der Waals surface area contributed by atoms with E-state index in [0.29, 0.717) is 33.6 Å². The molecule has 0 bridgehead atoms. The number of aromatic amines is 1. The van der Waals surface area contributed by atoms with Gasteiger partial charge in [-0.2, -0.15) is 5.10 Å². The maximum atomic E-state index is 6.59. The number of hydrogen-bond acceptors (Lipinski definition) is 6. The molecule has 2 N–H and O–H groups in total. The quantitative estimate of drug-likeness (QED) is 0.422. The molecule has 0 amide bonds. The Morgan fingerprint density at radius 3 is 2.93 bits per heavy atom. The summed E-state index contributed by atoms with van der Waals surface area (Å²) in [7, 11) is 1.82. The van der Waals surface area contributed by atoms with Crippen molar-refractivity contribution in [3.8, 4) is 24.1 Å². The summed E-state index contributed by atoms with van der Waals surface area (Å²) in [5.74, 6) is 3.86. The van der Waals surface area contributed by atoms with Gasteiger partial charge in [0.05, 0.1) is 21.4 Å². The maximum Gasteiger partial charge on any atom is 0.249 e. The van der Waals surface area contributed by atoms with Crippen LogP contribution in [-0.2, 0) is 7.05 Å². The number of ether oxygens (including phenoxy) is 1. The third kappa shape index (κ3) is 3.07. The Labute approximate surface area is 175 Å². The van der Waals surface area contributed by atoms with Gasteiger partial charge in [0, 0.05) is 36.8 Å². The molecule has 0 saturated heterocycles. The highest BCUT2D eigenvalue weighted by Crippen LogP contribution is 2.37. The second kappa shape index (κ2) is 7.06. The Morgan fingerprint density at radius 2 is 2.13 bits per heavy atom. The average Bonchev–Trinajstić information content (AvgIpc) is 3.30. The molecule has 9 heteroatoms. The van der Waals surface area contributed by atoms with Crippen LogP contribution in [0.15, 0.2) is 48.8 Å². The van der Waals surface area contributed by atoms with E-state index in [4.69, 9.17) is 22.8 Å². The number of aryl methyl sites for hydroxylation is 1. The second-order valence-corrected chi connectivity index (χ2v) is 6.92. The molecule has 0 unspecified atom stereocenters. The lowest BCUT2D eigenvalue weighted by Crippen LogP contribution is -1.94. The molecule has 0 spiro atoms. The van der Waals surface area contributed by atoms with E-state index in [1.807, 2.05) is 25.2 Å². The van der Waals surface area contributed by atoms with Crippen LogP contribution in [0.3, 0.4) is 0 Å². The van der Waals surface area contributed by atoms with E-state index in [1.54, 1.807) is 35.3 Å². The monoisotopic (exact) mass is 415 g/mol. The molecular formula is C21H14ClN7O.